The number of benzene rings is 1. The molecule has 23 heavy (non-hydrogen) atoms. The van der Waals surface area contributed by atoms with Crippen molar-refractivity contribution in [1.82, 2.24) is 19.3 Å². The smallest absolute Gasteiger partial charge is 0.335 e. The number of ether oxygens (including phenoxy) is 1. The molecule has 122 valence electrons. The Morgan fingerprint density at radius 3 is 2.74 bits per heavy atom. The van der Waals surface area contributed by atoms with Crippen LogP contribution in [0.15, 0.2) is 23.0 Å². The number of rotatable bonds is 5. The fourth-order valence-corrected chi connectivity index (χ4v) is 2.92. The molecule has 0 aliphatic carbocycles. The maximum Gasteiger partial charge on any atom is 0.335 e. The zero-order valence-electron chi connectivity index (χ0n) is 11.9. The molecular formula is C13H11F3N4O2S. The van der Waals surface area contributed by atoms with Crippen molar-refractivity contribution in [2.24, 2.45) is 0 Å². The Balaban J connectivity index is 2.23. The lowest BCUT2D eigenvalue weighted by Gasteiger charge is -2.01. The van der Waals surface area contributed by atoms with Crippen LogP contribution >= 0.6 is 11.3 Å². The van der Waals surface area contributed by atoms with Gasteiger partial charge in [0.05, 0.1) is 24.2 Å². The predicted molar refractivity (Wildman–Crippen MR) is 77.8 cm³/mol. The number of alkyl halides is 2. The molecule has 0 spiro atoms. The Kier molecular flexibility index (Phi) is 4.18. The maximum absolute atomic E-state index is 13.5. The fraction of sp³-hybridized carbons (Fsp3) is 0.308. The highest BCUT2D eigenvalue weighted by Gasteiger charge is 2.20. The summed E-state index contributed by atoms with van der Waals surface area (Å²) >= 11 is 0.617. The summed E-state index contributed by atoms with van der Waals surface area (Å²) in [4.78, 5) is 12.6. The molecule has 1 aromatic carbocycles. The van der Waals surface area contributed by atoms with Crippen LogP contribution in [0.4, 0.5) is 13.2 Å². The lowest BCUT2D eigenvalue weighted by Crippen LogP contribution is -2.24. The van der Waals surface area contributed by atoms with Crippen molar-refractivity contribution in [2.45, 2.75) is 13.0 Å². The maximum atomic E-state index is 13.5. The number of nitrogens with zero attached hydrogens (tertiary/aromatic N) is 4. The summed E-state index contributed by atoms with van der Waals surface area (Å²) in [7, 11) is 1.48. The number of aromatic nitrogens is 4. The van der Waals surface area contributed by atoms with Crippen molar-refractivity contribution in [3.8, 4) is 5.13 Å². The summed E-state index contributed by atoms with van der Waals surface area (Å²) in [5.74, 6) is -0.508. The average Bonchev–Trinajstić information content (AvgIpc) is 3.08. The highest BCUT2D eigenvalue weighted by atomic mass is 32.1. The second-order valence-electron chi connectivity index (χ2n) is 4.62. The van der Waals surface area contributed by atoms with Crippen molar-refractivity contribution >= 4 is 22.4 Å². The first-order chi connectivity index (χ1) is 11.0. The molecule has 0 unspecified atom stereocenters. The largest absolute Gasteiger partial charge is 0.383 e. The molecule has 10 heteroatoms. The zero-order chi connectivity index (χ0) is 16.6. The second kappa shape index (κ2) is 6.13. The number of imidazole rings is 1. The molecule has 2 aromatic heterocycles. The number of halogens is 3. The summed E-state index contributed by atoms with van der Waals surface area (Å²) < 4.78 is 46.3. The highest BCUT2D eigenvalue weighted by molar-refractivity contribution is 7.13. The summed E-state index contributed by atoms with van der Waals surface area (Å²) in [5.41, 5.74) is 0.185. The molecule has 0 fully saturated rings. The number of fused-ring (bicyclic) bond motifs is 1. The van der Waals surface area contributed by atoms with Crippen molar-refractivity contribution in [1.29, 1.82) is 0 Å². The Morgan fingerprint density at radius 2 is 2.09 bits per heavy atom. The SMILES string of the molecule is COCCn1c(=O)n(-c2nnc(C(F)F)s2)c2ccc(F)cc21. The van der Waals surface area contributed by atoms with Crippen LogP contribution in [0.25, 0.3) is 16.2 Å². The molecule has 0 aliphatic heterocycles. The van der Waals surface area contributed by atoms with E-state index in [1.165, 1.54) is 29.9 Å². The van der Waals surface area contributed by atoms with E-state index in [0.717, 1.165) is 4.57 Å². The van der Waals surface area contributed by atoms with Crippen LogP contribution in [-0.4, -0.2) is 33.0 Å². The first-order valence-corrected chi connectivity index (χ1v) is 7.36. The van der Waals surface area contributed by atoms with Crippen LogP contribution in [0.2, 0.25) is 0 Å². The topological polar surface area (TPSA) is 61.9 Å². The van der Waals surface area contributed by atoms with Gasteiger partial charge in [-0.2, -0.15) is 0 Å². The molecule has 0 atom stereocenters. The Labute approximate surface area is 131 Å². The summed E-state index contributed by atoms with van der Waals surface area (Å²) in [6.45, 7) is 0.441. The molecule has 0 radical (unpaired) electrons. The van der Waals surface area contributed by atoms with E-state index in [1.54, 1.807) is 0 Å². The van der Waals surface area contributed by atoms with Gasteiger partial charge in [-0.25, -0.2) is 22.5 Å². The first-order valence-electron chi connectivity index (χ1n) is 6.54. The molecule has 0 saturated heterocycles. The lowest BCUT2D eigenvalue weighted by molar-refractivity contribution is 0.150. The Morgan fingerprint density at radius 1 is 1.30 bits per heavy atom. The van der Waals surface area contributed by atoms with Gasteiger partial charge in [0.15, 0.2) is 5.01 Å². The van der Waals surface area contributed by atoms with E-state index in [1.807, 2.05) is 0 Å². The Bertz CT molecular complexity index is 902. The van der Waals surface area contributed by atoms with Crippen LogP contribution < -0.4 is 5.69 Å². The Hall–Kier alpha value is -2.20. The van der Waals surface area contributed by atoms with Crippen molar-refractivity contribution in [3.63, 3.8) is 0 Å². The quantitative estimate of drug-likeness (QED) is 0.713. The van der Waals surface area contributed by atoms with Crippen molar-refractivity contribution < 1.29 is 17.9 Å². The van der Waals surface area contributed by atoms with Gasteiger partial charge in [-0.15, -0.1) is 10.2 Å². The molecule has 6 nitrogen and oxygen atoms in total. The van der Waals surface area contributed by atoms with Gasteiger partial charge < -0.3 is 4.74 Å². The van der Waals surface area contributed by atoms with Crippen LogP contribution in [0.1, 0.15) is 11.4 Å². The molecule has 3 rings (SSSR count). The third-order valence-electron chi connectivity index (χ3n) is 3.22. The van der Waals surface area contributed by atoms with Crippen LogP contribution in [-0.2, 0) is 11.3 Å². The highest BCUT2D eigenvalue weighted by Crippen LogP contribution is 2.26. The molecule has 0 bridgehead atoms. The minimum atomic E-state index is -2.77. The van der Waals surface area contributed by atoms with Gasteiger partial charge in [0, 0.05) is 7.11 Å². The van der Waals surface area contributed by atoms with E-state index in [4.69, 9.17) is 4.74 Å². The third kappa shape index (κ3) is 2.75. The number of hydrogen-bond donors (Lipinski definition) is 0. The molecule has 2 heterocycles. The summed E-state index contributed by atoms with van der Waals surface area (Å²) in [6.07, 6.45) is -2.77. The molecule has 0 amide bonds. The van der Waals surface area contributed by atoms with Crippen LogP contribution in [0, 0.1) is 5.82 Å². The molecule has 0 saturated carbocycles. The zero-order valence-corrected chi connectivity index (χ0v) is 12.7. The number of hydrogen-bond acceptors (Lipinski definition) is 5. The van der Waals surface area contributed by atoms with E-state index in [2.05, 4.69) is 10.2 Å². The van der Waals surface area contributed by atoms with Crippen molar-refractivity contribution in [3.05, 3.63) is 39.5 Å². The van der Waals surface area contributed by atoms with E-state index in [-0.39, 0.29) is 18.3 Å². The molecular weight excluding hydrogens is 333 g/mol. The minimum absolute atomic E-state index is 0.0121. The van der Waals surface area contributed by atoms with Crippen LogP contribution in [0.5, 0.6) is 0 Å². The van der Waals surface area contributed by atoms with E-state index >= 15 is 0 Å². The molecule has 0 N–H and O–H groups in total. The van der Waals surface area contributed by atoms with Gasteiger partial charge in [0.1, 0.15) is 5.82 Å². The molecule has 0 aliphatic rings. The normalized spacial score (nSPS) is 11.7. The lowest BCUT2D eigenvalue weighted by atomic mass is 10.3. The van der Waals surface area contributed by atoms with Gasteiger partial charge in [0.2, 0.25) is 5.13 Å². The minimum Gasteiger partial charge on any atom is -0.383 e. The van der Waals surface area contributed by atoms with E-state index < -0.39 is 22.9 Å². The van der Waals surface area contributed by atoms with E-state index in [0.29, 0.717) is 22.4 Å². The first kappa shape index (κ1) is 15.7. The summed E-state index contributed by atoms with van der Waals surface area (Å²) in [6, 6.07) is 3.80. The standard InChI is InChI=1S/C13H11F3N4O2S/c1-22-5-4-19-9-6-7(14)2-3-8(9)20(13(19)21)12-18-17-11(23-12)10(15)16/h2-3,6,10H,4-5H2,1H3. The number of methoxy groups -OCH3 is 1. The van der Waals surface area contributed by atoms with Crippen molar-refractivity contribution in [2.75, 3.05) is 13.7 Å². The van der Waals surface area contributed by atoms with Crippen LogP contribution in [0.3, 0.4) is 0 Å². The fourth-order valence-electron chi connectivity index (χ4n) is 2.22. The average molecular weight is 344 g/mol. The van der Waals surface area contributed by atoms with Gasteiger partial charge in [-0.3, -0.25) is 4.57 Å². The van der Waals surface area contributed by atoms with Gasteiger partial charge in [0.25, 0.3) is 6.43 Å². The summed E-state index contributed by atoms with van der Waals surface area (Å²) in [5, 5.41) is 6.56. The third-order valence-corrected chi connectivity index (χ3v) is 4.13. The predicted octanol–water partition coefficient (Wildman–Crippen LogP) is 2.37. The van der Waals surface area contributed by atoms with Gasteiger partial charge >= 0.3 is 5.69 Å². The van der Waals surface area contributed by atoms with E-state index in [9.17, 15) is 18.0 Å². The van der Waals surface area contributed by atoms with Gasteiger partial charge in [-0.1, -0.05) is 11.3 Å². The molecule has 3 aromatic rings. The second-order valence-corrected chi connectivity index (χ2v) is 5.61. The monoisotopic (exact) mass is 344 g/mol. The van der Waals surface area contributed by atoms with Gasteiger partial charge in [-0.05, 0) is 18.2 Å².